The second kappa shape index (κ2) is 9.58. The number of hydrogen-bond donors (Lipinski definition) is 2. The largest absolute Gasteiger partial charge is 0.451 e. The predicted octanol–water partition coefficient (Wildman–Crippen LogP) is 4.51. The van der Waals surface area contributed by atoms with Gasteiger partial charge in [0.15, 0.2) is 5.76 Å². The van der Waals surface area contributed by atoms with Crippen molar-refractivity contribution in [1.29, 1.82) is 0 Å². The third-order valence-electron chi connectivity index (χ3n) is 4.12. The van der Waals surface area contributed by atoms with Gasteiger partial charge >= 0.3 is 0 Å². The van der Waals surface area contributed by atoms with Gasteiger partial charge < -0.3 is 15.1 Å². The van der Waals surface area contributed by atoms with Crippen molar-refractivity contribution in [3.63, 3.8) is 0 Å². The van der Waals surface area contributed by atoms with E-state index in [1.807, 2.05) is 6.92 Å². The zero-order valence-electron chi connectivity index (χ0n) is 15.7. The number of carbonyl (C=O) groups excluding carboxylic acids is 2. The van der Waals surface area contributed by atoms with Crippen molar-refractivity contribution in [2.24, 2.45) is 0 Å². The monoisotopic (exact) mass is 431 g/mol. The van der Waals surface area contributed by atoms with Crippen LogP contribution in [-0.2, 0) is 0 Å². The van der Waals surface area contributed by atoms with Crippen LogP contribution in [0, 0.1) is 6.92 Å². The smallest absolute Gasteiger partial charge is 0.287 e. The molecule has 2 aromatic heterocycles. The molecule has 29 heavy (non-hydrogen) atoms. The Labute approximate surface area is 178 Å². The fraction of sp³-hybridized carbons (Fsp3) is 0.190. The molecule has 0 spiro atoms. The molecule has 0 aliphatic rings. The molecule has 2 amide bonds. The standard InChI is InChI=1S/C21H19Cl2N3O3/c1-13-3-4-14(12-26-13)20(27)24-9-2-10-25-21(28)19-8-7-18(29-19)16-11-15(22)5-6-17(16)23/h3-8,11-12H,2,9-10H2,1H3,(H,24,27)(H,25,28). The first-order chi connectivity index (χ1) is 13.9. The van der Waals surface area contributed by atoms with Gasteiger partial charge in [-0.3, -0.25) is 14.6 Å². The molecule has 150 valence electrons. The van der Waals surface area contributed by atoms with Crippen molar-refractivity contribution in [3.8, 4) is 11.3 Å². The summed E-state index contributed by atoms with van der Waals surface area (Å²) in [5, 5.41) is 6.55. The highest BCUT2D eigenvalue weighted by molar-refractivity contribution is 6.35. The number of hydrogen-bond acceptors (Lipinski definition) is 4. The molecule has 6 nitrogen and oxygen atoms in total. The third kappa shape index (κ3) is 5.59. The van der Waals surface area contributed by atoms with Crippen molar-refractivity contribution >= 4 is 35.0 Å². The van der Waals surface area contributed by atoms with Crippen LogP contribution in [0.3, 0.4) is 0 Å². The van der Waals surface area contributed by atoms with Gasteiger partial charge in [-0.2, -0.15) is 0 Å². The van der Waals surface area contributed by atoms with E-state index in [0.29, 0.717) is 46.4 Å². The fourth-order valence-corrected chi connectivity index (χ4v) is 2.96. The summed E-state index contributed by atoms with van der Waals surface area (Å²) in [5.74, 6) is 0.0915. The minimum Gasteiger partial charge on any atom is -0.451 e. The molecule has 0 saturated carbocycles. The summed E-state index contributed by atoms with van der Waals surface area (Å²) < 4.78 is 5.60. The predicted molar refractivity (Wildman–Crippen MR) is 112 cm³/mol. The molecule has 0 bridgehead atoms. The van der Waals surface area contributed by atoms with Gasteiger partial charge in [0.1, 0.15) is 5.76 Å². The molecule has 1 aromatic carbocycles. The van der Waals surface area contributed by atoms with Crippen molar-refractivity contribution in [3.05, 3.63) is 75.7 Å². The van der Waals surface area contributed by atoms with Crippen molar-refractivity contribution < 1.29 is 14.0 Å². The van der Waals surface area contributed by atoms with Crippen molar-refractivity contribution in [2.45, 2.75) is 13.3 Å². The highest BCUT2D eigenvalue weighted by atomic mass is 35.5. The van der Waals surface area contributed by atoms with Crippen LogP contribution >= 0.6 is 23.2 Å². The van der Waals surface area contributed by atoms with Crippen LogP contribution in [0.15, 0.2) is 53.1 Å². The SMILES string of the molecule is Cc1ccc(C(=O)NCCCNC(=O)c2ccc(-c3cc(Cl)ccc3Cl)o2)cn1. The lowest BCUT2D eigenvalue weighted by Crippen LogP contribution is -2.29. The lowest BCUT2D eigenvalue weighted by atomic mass is 10.2. The summed E-state index contributed by atoms with van der Waals surface area (Å²) in [6.07, 6.45) is 2.11. The van der Waals surface area contributed by atoms with Crippen LogP contribution in [-0.4, -0.2) is 29.9 Å². The maximum Gasteiger partial charge on any atom is 0.287 e. The molecule has 0 atom stereocenters. The van der Waals surface area contributed by atoms with E-state index in [4.69, 9.17) is 27.6 Å². The van der Waals surface area contributed by atoms with E-state index >= 15 is 0 Å². The van der Waals surface area contributed by atoms with Crippen LogP contribution in [0.4, 0.5) is 0 Å². The van der Waals surface area contributed by atoms with Crippen LogP contribution < -0.4 is 10.6 Å². The molecule has 0 unspecified atom stereocenters. The van der Waals surface area contributed by atoms with Crippen LogP contribution in [0.25, 0.3) is 11.3 Å². The minimum atomic E-state index is -0.344. The first kappa shape index (κ1) is 20.9. The molecule has 8 heteroatoms. The Balaban J connectivity index is 1.45. The molecular formula is C21H19Cl2N3O3. The molecule has 0 radical (unpaired) electrons. The average Bonchev–Trinajstić information content (AvgIpc) is 3.20. The Morgan fingerprint density at radius 1 is 1.00 bits per heavy atom. The highest BCUT2D eigenvalue weighted by Gasteiger charge is 2.14. The first-order valence-corrected chi connectivity index (χ1v) is 9.74. The number of halogens is 2. The molecule has 2 N–H and O–H groups in total. The van der Waals surface area contributed by atoms with E-state index in [9.17, 15) is 9.59 Å². The summed E-state index contributed by atoms with van der Waals surface area (Å²) >= 11 is 12.1. The van der Waals surface area contributed by atoms with Crippen LogP contribution in [0.1, 0.15) is 33.0 Å². The van der Waals surface area contributed by atoms with E-state index in [2.05, 4.69) is 15.6 Å². The van der Waals surface area contributed by atoms with Gasteiger partial charge in [-0.25, -0.2) is 0 Å². The van der Waals surface area contributed by atoms with E-state index in [-0.39, 0.29) is 17.6 Å². The minimum absolute atomic E-state index is 0.172. The number of rotatable bonds is 7. The number of carbonyl (C=O) groups is 2. The van der Waals surface area contributed by atoms with Gasteiger partial charge in [0, 0.05) is 35.6 Å². The van der Waals surface area contributed by atoms with E-state index < -0.39 is 0 Å². The summed E-state index contributed by atoms with van der Waals surface area (Å²) in [6.45, 7) is 2.67. The van der Waals surface area contributed by atoms with Crippen LogP contribution in [0.2, 0.25) is 10.0 Å². The Bertz CT molecular complexity index is 1020. The maximum atomic E-state index is 12.2. The number of pyridine rings is 1. The average molecular weight is 432 g/mol. The van der Waals surface area contributed by atoms with Gasteiger partial charge in [0.05, 0.1) is 10.6 Å². The van der Waals surface area contributed by atoms with Crippen molar-refractivity contribution in [2.75, 3.05) is 13.1 Å². The number of furan rings is 1. The third-order valence-corrected chi connectivity index (χ3v) is 4.69. The lowest BCUT2D eigenvalue weighted by molar-refractivity contribution is 0.0926. The number of aryl methyl sites for hydroxylation is 1. The summed E-state index contributed by atoms with van der Waals surface area (Å²) in [5.41, 5.74) is 1.97. The molecular weight excluding hydrogens is 413 g/mol. The van der Waals surface area contributed by atoms with Gasteiger partial charge in [0.2, 0.25) is 0 Å². The van der Waals surface area contributed by atoms with E-state index in [1.54, 1.807) is 42.5 Å². The topological polar surface area (TPSA) is 84.2 Å². The Morgan fingerprint density at radius 3 is 2.48 bits per heavy atom. The summed E-state index contributed by atoms with van der Waals surface area (Å²) in [6, 6.07) is 11.8. The zero-order chi connectivity index (χ0) is 20.8. The second-order valence-electron chi connectivity index (χ2n) is 6.34. The number of amides is 2. The number of aromatic nitrogens is 1. The van der Waals surface area contributed by atoms with Crippen LogP contribution in [0.5, 0.6) is 0 Å². The van der Waals surface area contributed by atoms with Gasteiger partial charge in [-0.1, -0.05) is 23.2 Å². The molecule has 3 rings (SSSR count). The Morgan fingerprint density at radius 2 is 1.76 bits per heavy atom. The number of nitrogens with one attached hydrogen (secondary N) is 2. The zero-order valence-corrected chi connectivity index (χ0v) is 17.2. The summed E-state index contributed by atoms with van der Waals surface area (Å²) in [7, 11) is 0. The first-order valence-electron chi connectivity index (χ1n) is 8.98. The normalized spacial score (nSPS) is 10.6. The van der Waals surface area contributed by atoms with Gasteiger partial charge in [-0.15, -0.1) is 0 Å². The maximum absolute atomic E-state index is 12.2. The lowest BCUT2D eigenvalue weighted by Gasteiger charge is -2.06. The molecule has 0 saturated heterocycles. The quantitative estimate of drug-likeness (QED) is 0.539. The Hall–Kier alpha value is -2.83. The molecule has 2 heterocycles. The number of nitrogens with zero attached hydrogens (tertiary/aromatic N) is 1. The molecule has 0 fully saturated rings. The summed E-state index contributed by atoms with van der Waals surface area (Å²) in [4.78, 5) is 28.3. The molecule has 3 aromatic rings. The molecule has 0 aliphatic carbocycles. The van der Waals surface area contributed by atoms with E-state index in [0.717, 1.165) is 5.69 Å². The highest BCUT2D eigenvalue weighted by Crippen LogP contribution is 2.31. The fourth-order valence-electron chi connectivity index (χ4n) is 2.57. The second-order valence-corrected chi connectivity index (χ2v) is 7.19. The van der Waals surface area contributed by atoms with E-state index in [1.165, 1.54) is 6.20 Å². The van der Waals surface area contributed by atoms with Gasteiger partial charge in [0.25, 0.3) is 11.8 Å². The van der Waals surface area contributed by atoms with Crippen molar-refractivity contribution in [1.82, 2.24) is 15.6 Å². The van der Waals surface area contributed by atoms with Gasteiger partial charge in [-0.05, 0) is 55.8 Å². The molecule has 0 aliphatic heterocycles. The Kier molecular flexibility index (Phi) is 6.90. The number of benzene rings is 1.